The lowest BCUT2D eigenvalue weighted by Gasteiger charge is -2.42. The number of hydrogen-bond acceptors (Lipinski definition) is 9. The summed E-state index contributed by atoms with van der Waals surface area (Å²) in [5, 5.41) is 17.3. The number of anilines is 2. The van der Waals surface area contributed by atoms with Crippen LogP contribution in [-0.2, 0) is 35.0 Å². The predicted molar refractivity (Wildman–Crippen MR) is 162 cm³/mol. The van der Waals surface area contributed by atoms with E-state index >= 15 is 0 Å². The average Bonchev–Trinajstić information content (AvgIpc) is 3.64. The number of aliphatic hydroxyl groups is 1. The number of fused-ring (bicyclic) bond motifs is 5. The number of ether oxygens (including phenoxy) is 4. The molecule has 0 saturated carbocycles. The van der Waals surface area contributed by atoms with Gasteiger partial charge in [0.25, 0.3) is 0 Å². The van der Waals surface area contributed by atoms with Gasteiger partial charge in [-0.15, -0.1) is 0 Å². The van der Waals surface area contributed by atoms with Gasteiger partial charge in [0, 0.05) is 44.9 Å². The van der Waals surface area contributed by atoms with Crippen LogP contribution in [0.5, 0.6) is 0 Å². The standard InChI is InChI=1S/C32H45N3O8/c1-18(2)29(37)42-26-16-27(36)35(7)23-14-21(13-22(15-23)33-6)12-19(3)10-9-11-25(40-8)32(39)17-24(41-30(38)34-32)20(4)28-31(26,5)43-28/h9-11,13-15,18,20,24-26,28,33,39H,12,16-17H2,1-8H3,(H,34,38)/b11-9+,19-10+/t20-,24+,25-,26+,28+,31+,32+/m1/s1. The molecule has 2 amide bonds. The molecule has 3 aliphatic rings. The summed E-state index contributed by atoms with van der Waals surface area (Å²) in [6, 6.07) is 5.87. The van der Waals surface area contributed by atoms with Crippen molar-refractivity contribution in [1.82, 2.24) is 5.32 Å². The van der Waals surface area contributed by atoms with Crippen LogP contribution in [0.3, 0.4) is 0 Å². The molecule has 4 bridgehead atoms. The number of hydrogen-bond donors (Lipinski definition) is 3. The first kappa shape index (κ1) is 32.5. The van der Waals surface area contributed by atoms with Crippen molar-refractivity contribution in [2.45, 2.75) is 89.6 Å². The fourth-order valence-corrected chi connectivity index (χ4v) is 5.87. The molecule has 1 aromatic rings. The van der Waals surface area contributed by atoms with Crippen molar-refractivity contribution in [1.29, 1.82) is 0 Å². The van der Waals surface area contributed by atoms with Gasteiger partial charge in [-0.05, 0) is 44.0 Å². The fraction of sp³-hybridized carbons (Fsp3) is 0.594. The van der Waals surface area contributed by atoms with E-state index in [2.05, 4.69) is 10.6 Å². The van der Waals surface area contributed by atoms with Gasteiger partial charge >= 0.3 is 12.1 Å². The Labute approximate surface area is 253 Å². The Bertz CT molecular complexity index is 1300. The van der Waals surface area contributed by atoms with Crippen molar-refractivity contribution >= 4 is 29.3 Å². The molecule has 3 aliphatic heterocycles. The molecule has 3 heterocycles. The van der Waals surface area contributed by atoms with E-state index in [4.69, 9.17) is 18.9 Å². The zero-order valence-corrected chi connectivity index (χ0v) is 26.3. The molecule has 11 heteroatoms. The van der Waals surface area contributed by atoms with Crippen molar-refractivity contribution in [3.63, 3.8) is 0 Å². The molecule has 0 aliphatic carbocycles. The van der Waals surface area contributed by atoms with Crippen LogP contribution < -0.4 is 15.5 Å². The number of rotatable bonds is 4. The third-order valence-electron chi connectivity index (χ3n) is 8.67. The van der Waals surface area contributed by atoms with E-state index in [9.17, 15) is 19.5 Å². The lowest BCUT2D eigenvalue weighted by molar-refractivity contribution is -0.157. The van der Waals surface area contributed by atoms with Crippen molar-refractivity contribution < 1.29 is 38.4 Å². The number of amides is 2. The zero-order chi connectivity index (χ0) is 31.7. The van der Waals surface area contributed by atoms with Crippen molar-refractivity contribution in [3.8, 4) is 0 Å². The van der Waals surface area contributed by atoms with Crippen LogP contribution in [0.2, 0.25) is 0 Å². The molecule has 2 saturated heterocycles. The van der Waals surface area contributed by atoms with E-state index in [1.54, 1.807) is 44.9 Å². The number of epoxide rings is 1. The molecule has 1 aromatic carbocycles. The summed E-state index contributed by atoms with van der Waals surface area (Å²) in [5.41, 5.74) is 0.795. The third kappa shape index (κ3) is 7.05. The summed E-state index contributed by atoms with van der Waals surface area (Å²) >= 11 is 0. The number of nitrogens with zero attached hydrogens (tertiary/aromatic N) is 1. The minimum Gasteiger partial charge on any atom is -0.458 e. The highest BCUT2D eigenvalue weighted by Crippen LogP contribution is 2.49. The average molecular weight is 600 g/mol. The van der Waals surface area contributed by atoms with E-state index < -0.39 is 59.6 Å². The molecule has 2 fully saturated rings. The van der Waals surface area contributed by atoms with Gasteiger partial charge in [0.05, 0.1) is 18.4 Å². The van der Waals surface area contributed by atoms with Crippen molar-refractivity contribution in [2.75, 3.05) is 31.4 Å². The van der Waals surface area contributed by atoms with Gasteiger partial charge in [-0.3, -0.25) is 14.9 Å². The number of methoxy groups -OCH3 is 1. The monoisotopic (exact) mass is 599 g/mol. The van der Waals surface area contributed by atoms with Crippen molar-refractivity contribution in [3.05, 3.63) is 47.6 Å². The largest absolute Gasteiger partial charge is 0.458 e. The summed E-state index contributed by atoms with van der Waals surface area (Å²) in [6.07, 6.45) is 2.14. The van der Waals surface area contributed by atoms with Crippen molar-refractivity contribution in [2.24, 2.45) is 11.8 Å². The van der Waals surface area contributed by atoms with Crippen LogP contribution in [-0.4, -0.2) is 80.0 Å². The first-order chi connectivity index (χ1) is 20.2. The van der Waals surface area contributed by atoms with Gasteiger partial charge < -0.3 is 34.3 Å². The summed E-state index contributed by atoms with van der Waals surface area (Å²) in [4.78, 5) is 40.7. The zero-order valence-electron chi connectivity index (χ0n) is 26.3. The first-order valence-electron chi connectivity index (χ1n) is 14.7. The van der Waals surface area contributed by atoms with E-state index in [0.717, 1.165) is 16.8 Å². The quantitative estimate of drug-likeness (QED) is 0.349. The van der Waals surface area contributed by atoms with E-state index in [0.29, 0.717) is 12.1 Å². The predicted octanol–water partition coefficient (Wildman–Crippen LogP) is 3.70. The second kappa shape index (κ2) is 12.7. The second-order valence-corrected chi connectivity index (χ2v) is 12.4. The Morgan fingerprint density at radius 3 is 2.63 bits per heavy atom. The van der Waals surface area contributed by atoms with Gasteiger partial charge in [-0.2, -0.15) is 0 Å². The molecule has 4 rings (SSSR count). The summed E-state index contributed by atoms with van der Waals surface area (Å²) in [5.74, 6) is -1.51. The van der Waals surface area contributed by atoms with Crippen LogP contribution in [0, 0.1) is 11.8 Å². The van der Waals surface area contributed by atoms with Gasteiger partial charge in [0.1, 0.15) is 23.9 Å². The summed E-state index contributed by atoms with van der Waals surface area (Å²) in [6.45, 7) is 9.09. The first-order valence-corrected chi connectivity index (χ1v) is 14.7. The topological polar surface area (TPSA) is 139 Å². The Morgan fingerprint density at radius 2 is 1.98 bits per heavy atom. The minimum atomic E-state index is -1.74. The molecule has 236 valence electrons. The highest BCUT2D eigenvalue weighted by molar-refractivity contribution is 5.94. The lowest BCUT2D eigenvalue weighted by Crippen LogP contribution is -2.63. The normalized spacial score (nSPS) is 35.2. The lowest BCUT2D eigenvalue weighted by atomic mass is 9.83. The number of alkyl carbamates (subject to hydrolysis) is 1. The van der Waals surface area contributed by atoms with Crippen LogP contribution in [0.4, 0.5) is 16.2 Å². The molecule has 0 aromatic heterocycles. The van der Waals surface area contributed by atoms with Gasteiger partial charge in [-0.1, -0.05) is 44.6 Å². The highest BCUT2D eigenvalue weighted by atomic mass is 16.7. The number of carbonyl (C=O) groups excluding carboxylic acids is 3. The molecule has 3 N–H and O–H groups in total. The minimum absolute atomic E-state index is 0.0259. The maximum atomic E-state index is 13.7. The van der Waals surface area contributed by atoms with Gasteiger partial charge in [-0.25, -0.2) is 4.79 Å². The van der Waals surface area contributed by atoms with E-state index in [1.165, 1.54) is 7.11 Å². The Kier molecular flexibility index (Phi) is 9.58. The van der Waals surface area contributed by atoms with Crippen LogP contribution >= 0.6 is 0 Å². The van der Waals surface area contributed by atoms with Gasteiger partial charge in [0.15, 0.2) is 5.72 Å². The molecule has 0 radical (unpaired) electrons. The third-order valence-corrected chi connectivity index (χ3v) is 8.67. The molecule has 0 unspecified atom stereocenters. The van der Waals surface area contributed by atoms with Gasteiger partial charge in [0.2, 0.25) is 5.91 Å². The Hall–Kier alpha value is -3.41. The maximum Gasteiger partial charge on any atom is 0.409 e. The summed E-state index contributed by atoms with van der Waals surface area (Å²) < 4.78 is 23.3. The molecule has 7 atom stereocenters. The van der Waals surface area contributed by atoms with Crippen LogP contribution in [0.25, 0.3) is 0 Å². The number of esters is 1. The van der Waals surface area contributed by atoms with Crippen LogP contribution in [0.15, 0.2) is 42.0 Å². The number of allylic oxidation sites excluding steroid dienone is 3. The molecule has 0 spiro atoms. The smallest absolute Gasteiger partial charge is 0.409 e. The highest BCUT2D eigenvalue weighted by Gasteiger charge is 2.64. The molecular formula is C32H45N3O8. The number of carbonyl (C=O) groups is 3. The maximum absolute atomic E-state index is 13.7. The molecule has 43 heavy (non-hydrogen) atoms. The van der Waals surface area contributed by atoms with E-state index in [1.807, 2.05) is 45.2 Å². The SMILES string of the molecule is CNc1cc2cc(c1)N(C)C(=O)C[C@H](OC(=O)C(C)C)[C@]1(C)O[C@H]1[C@H](C)[C@@H]1C[C@@](O)(NC(=O)O1)[C@H](OC)/C=C/C=C(\C)C2. The number of nitrogens with one attached hydrogen (secondary N) is 2. The molecular weight excluding hydrogens is 554 g/mol. The van der Waals surface area contributed by atoms with Crippen LogP contribution in [0.1, 0.15) is 53.0 Å². The fourth-order valence-electron chi connectivity index (χ4n) is 5.87. The second-order valence-electron chi connectivity index (χ2n) is 12.4. The van der Waals surface area contributed by atoms with E-state index in [-0.39, 0.29) is 18.7 Å². The Balaban J connectivity index is 1.77. The summed E-state index contributed by atoms with van der Waals surface area (Å²) in [7, 11) is 4.98. The Morgan fingerprint density at radius 1 is 1.26 bits per heavy atom. The number of benzene rings is 1. The molecule has 11 nitrogen and oxygen atoms in total.